The SMILES string of the molecule is N#Cn1cc(-c2ncn3c2c(=O)n(Cc2ccccn2)c2ccccc23)nn1. The lowest BCUT2D eigenvalue weighted by Crippen LogP contribution is -2.24. The molecule has 0 saturated carbocycles. The van der Waals surface area contributed by atoms with E-state index in [0.29, 0.717) is 23.4 Å². The Bertz CT molecular complexity index is 1420. The molecule has 0 saturated heterocycles. The molecule has 0 unspecified atom stereocenters. The minimum Gasteiger partial charge on any atom is -0.299 e. The average molecular weight is 368 g/mol. The Morgan fingerprint density at radius 3 is 2.61 bits per heavy atom. The van der Waals surface area contributed by atoms with Crippen LogP contribution in [0.15, 0.2) is 66.0 Å². The smallest absolute Gasteiger partial charge is 0.278 e. The lowest BCUT2D eigenvalue weighted by molar-refractivity contribution is 0.770. The molecule has 0 fully saturated rings. The number of hydrogen-bond donors (Lipinski definition) is 0. The number of para-hydroxylation sites is 2. The van der Waals surface area contributed by atoms with Crippen molar-refractivity contribution in [3.8, 4) is 17.6 Å². The second kappa shape index (κ2) is 6.14. The van der Waals surface area contributed by atoms with Gasteiger partial charge in [-0.1, -0.05) is 23.4 Å². The lowest BCUT2D eigenvalue weighted by atomic mass is 10.2. The summed E-state index contributed by atoms with van der Waals surface area (Å²) >= 11 is 0. The highest BCUT2D eigenvalue weighted by molar-refractivity contribution is 5.84. The Labute approximate surface area is 157 Å². The fraction of sp³-hybridized carbons (Fsp3) is 0.0526. The van der Waals surface area contributed by atoms with Crippen LogP contribution in [0.4, 0.5) is 0 Å². The second-order valence-electron chi connectivity index (χ2n) is 6.16. The molecule has 4 heterocycles. The highest BCUT2D eigenvalue weighted by Crippen LogP contribution is 2.22. The van der Waals surface area contributed by atoms with E-state index in [1.54, 1.807) is 21.5 Å². The van der Waals surface area contributed by atoms with Crippen molar-refractivity contribution in [2.24, 2.45) is 0 Å². The molecule has 0 amide bonds. The number of aromatic nitrogens is 7. The summed E-state index contributed by atoms with van der Waals surface area (Å²) in [4.78, 5) is 22.2. The van der Waals surface area contributed by atoms with Crippen LogP contribution in [-0.2, 0) is 6.54 Å². The largest absolute Gasteiger partial charge is 0.299 e. The van der Waals surface area contributed by atoms with Gasteiger partial charge >= 0.3 is 0 Å². The number of nitrogens with zero attached hydrogens (tertiary/aromatic N) is 8. The molecule has 0 aliphatic heterocycles. The van der Waals surface area contributed by atoms with Crippen molar-refractivity contribution in [2.75, 3.05) is 0 Å². The fourth-order valence-electron chi connectivity index (χ4n) is 3.29. The molecule has 0 aliphatic rings. The molecule has 134 valence electrons. The van der Waals surface area contributed by atoms with E-state index in [2.05, 4.69) is 20.3 Å². The quantitative estimate of drug-likeness (QED) is 0.480. The van der Waals surface area contributed by atoms with Crippen molar-refractivity contribution in [3.05, 3.63) is 77.2 Å². The molecule has 0 N–H and O–H groups in total. The van der Waals surface area contributed by atoms with Crippen molar-refractivity contribution in [1.82, 2.24) is 33.9 Å². The number of fused-ring (bicyclic) bond motifs is 3. The van der Waals surface area contributed by atoms with E-state index in [0.717, 1.165) is 21.4 Å². The molecule has 0 spiro atoms. The van der Waals surface area contributed by atoms with E-state index in [-0.39, 0.29) is 5.56 Å². The van der Waals surface area contributed by atoms with Crippen LogP contribution in [0.3, 0.4) is 0 Å². The molecule has 0 bridgehead atoms. The summed E-state index contributed by atoms with van der Waals surface area (Å²) in [5.41, 5.74) is 3.28. The van der Waals surface area contributed by atoms with Gasteiger partial charge in [-0.15, -0.1) is 5.10 Å². The zero-order valence-corrected chi connectivity index (χ0v) is 14.5. The first kappa shape index (κ1) is 15.9. The number of hydrogen-bond acceptors (Lipinski definition) is 6. The van der Waals surface area contributed by atoms with Crippen LogP contribution in [0.2, 0.25) is 0 Å². The van der Waals surface area contributed by atoms with E-state index >= 15 is 0 Å². The Hall–Kier alpha value is -4.32. The predicted molar refractivity (Wildman–Crippen MR) is 100 cm³/mol. The van der Waals surface area contributed by atoms with Gasteiger partial charge in [-0.2, -0.15) is 9.94 Å². The third-order valence-corrected chi connectivity index (χ3v) is 4.53. The molecule has 0 radical (unpaired) electrons. The molecule has 4 aromatic heterocycles. The van der Waals surface area contributed by atoms with E-state index in [9.17, 15) is 4.79 Å². The van der Waals surface area contributed by atoms with E-state index in [1.807, 2.05) is 48.7 Å². The van der Waals surface area contributed by atoms with Gasteiger partial charge in [0.1, 0.15) is 23.2 Å². The van der Waals surface area contributed by atoms with Crippen LogP contribution in [0, 0.1) is 11.5 Å². The van der Waals surface area contributed by atoms with Crippen molar-refractivity contribution in [3.63, 3.8) is 0 Å². The van der Waals surface area contributed by atoms with Gasteiger partial charge in [-0.25, -0.2) is 4.98 Å². The third kappa shape index (κ3) is 2.36. The summed E-state index contributed by atoms with van der Waals surface area (Å²) in [6.07, 6.45) is 6.60. The van der Waals surface area contributed by atoms with E-state index < -0.39 is 0 Å². The predicted octanol–water partition coefficient (Wildman–Crippen LogP) is 1.68. The number of nitriles is 1. The van der Waals surface area contributed by atoms with Crippen LogP contribution in [0.1, 0.15) is 5.69 Å². The summed E-state index contributed by atoms with van der Waals surface area (Å²) in [6.45, 7) is 0.326. The molecular formula is C19H12N8O. The molecule has 1 aromatic carbocycles. The molecular weight excluding hydrogens is 356 g/mol. The molecule has 28 heavy (non-hydrogen) atoms. The number of rotatable bonds is 3. The van der Waals surface area contributed by atoms with Crippen molar-refractivity contribution in [2.45, 2.75) is 6.54 Å². The van der Waals surface area contributed by atoms with Gasteiger partial charge in [0.05, 0.1) is 29.5 Å². The average Bonchev–Trinajstić information content (AvgIpc) is 3.39. The van der Waals surface area contributed by atoms with Gasteiger partial charge in [-0.3, -0.25) is 18.7 Å². The van der Waals surface area contributed by atoms with Crippen LogP contribution >= 0.6 is 0 Å². The maximum Gasteiger partial charge on any atom is 0.278 e. The zero-order valence-electron chi connectivity index (χ0n) is 14.5. The first-order valence-electron chi connectivity index (χ1n) is 8.47. The second-order valence-corrected chi connectivity index (χ2v) is 6.16. The van der Waals surface area contributed by atoms with Gasteiger partial charge in [-0.05, 0) is 24.3 Å². The minimum absolute atomic E-state index is 0.219. The van der Waals surface area contributed by atoms with E-state index in [1.165, 1.54) is 6.20 Å². The van der Waals surface area contributed by atoms with Gasteiger partial charge < -0.3 is 0 Å². The van der Waals surface area contributed by atoms with Crippen LogP contribution in [0.5, 0.6) is 0 Å². The minimum atomic E-state index is -0.219. The molecule has 0 aliphatic carbocycles. The van der Waals surface area contributed by atoms with Crippen molar-refractivity contribution in [1.29, 1.82) is 5.26 Å². The van der Waals surface area contributed by atoms with Gasteiger partial charge in [0.25, 0.3) is 5.56 Å². The number of imidazole rings is 1. The van der Waals surface area contributed by atoms with Gasteiger partial charge in [0.15, 0.2) is 0 Å². The number of pyridine rings is 1. The first-order valence-corrected chi connectivity index (χ1v) is 8.47. The Morgan fingerprint density at radius 2 is 1.86 bits per heavy atom. The molecule has 0 atom stereocenters. The molecule has 9 heteroatoms. The highest BCUT2D eigenvalue weighted by Gasteiger charge is 2.19. The molecule has 5 rings (SSSR count). The number of benzene rings is 1. The van der Waals surface area contributed by atoms with Crippen LogP contribution < -0.4 is 5.56 Å². The Morgan fingerprint density at radius 1 is 1.04 bits per heavy atom. The summed E-state index contributed by atoms with van der Waals surface area (Å²) in [7, 11) is 0. The topological polar surface area (TPSA) is 107 Å². The van der Waals surface area contributed by atoms with Gasteiger partial charge in [0.2, 0.25) is 6.19 Å². The lowest BCUT2D eigenvalue weighted by Gasteiger charge is -2.12. The first-order chi connectivity index (χ1) is 13.8. The Balaban J connectivity index is 1.83. The molecule has 5 aromatic rings. The summed E-state index contributed by atoms with van der Waals surface area (Å²) in [6, 6.07) is 13.2. The maximum absolute atomic E-state index is 13.4. The zero-order chi connectivity index (χ0) is 19.1. The molecule has 9 nitrogen and oxygen atoms in total. The maximum atomic E-state index is 13.4. The third-order valence-electron chi connectivity index (χ3n) is 4.53. The summed E-state index contributed by atoms with van der Waals surface area (Å²) in [5, 5.41) is 16.7. The van der Waals surface area contributed by atoms with Gasteiger partial charge in [0, 0.05) is 6.20 Å². The van der Waals surface area contributed by atoms with Crippen molar-refractivity contribution >= 4 is 16.6 Å². The normalized spacial score (nSPS) is 11.1. The monoisotopic (exact) mass is 368 g/mol. The van der Waals surface area contributed by atoms with Crippen molar-refractivity contribution < 1.29 is 0 Å². The highest BCUT2D eigenvalue weighted by atomic mass is 16.1. The Kier molecular flexibility index (Phi) is 3.48. The fourth-order valence-corrected chi connectivity index (χ4v) is 3.29. The van der Waals surface area contributed by atoms with E-state index in [4.69, 9.17) is 5.26 Å². The summed E-state index contributed by atoms with van der Waals surface area (Å²) in [5.74, 6) is 0. The van der Waals surface area contributed by atoms with Crippen LogP contribution in [-0.4, -0.2) is 33.9 Å². The standard InChI is InChI=1S/C19H12N8O/c20-11-25-10-14(23-24-25)17-18-19(28)26(9-13-5-3-4-8-21-13)15-6-1-2-7-16(15)27(18)12-22-17/h1-8,10,12H,9H2. The van der Waals surface area contributed by atoms with Crippen LogP contribution in [0.25, 0.3) is 27.9 Å². The summed E-state index contributed by atoms with van der Waals surface area (Å²) < 4.78 is 4.44.